The molecule has 0 bridgehead atoms. The minimum absolute atomic E-state index is 0.0997. The lowest BCUT2D eigenvalue weighted by atomic mass is 9.94. The van der Waals surface area contributed by atoms with Crippen molar-refractivity contribution in [2.75, 3.05) is 0 Å². The van der Waals surface area contributed by atoms with Crippen LogP contribution in [0.2, 0.25) is 0 Å². The third kappa shape index (κ3) is 5.16. The first-order valence-corrected chi connectivity index (χ1v) is 11.9. The zero-order valence-electron chi connectivity index (χ0n) is 12.7. The second-order valence-corrected chi connectivity index (χ2v) is 15.2. The summed E-state index contributed by atoms with van der Waals surface area (Å²) >= 11 is 84.8. The van der Waals surface area contributed by atoms with Gasteiger partial charge in [0.05, 0.1) is 6.61 Å². The van der Waals surface area contributed by atoms with Crippen LogP contribution in [-0.2, 0) is 15.3 Å². The molecule has 0 aliphatic heterocycles. The van der Waals surface area contributed by atoms with Crippen LogP contribution in [0.25, 0.3) is 0 Å². The van der Waals surface area contributed by atoms with Crippen molar-refractivity contribution in [3.63, 3.8) is 0 Å². The molecule has 0 spiro atoms. The molecule has 1 aromatic carbocycles. The van der Waals surface area contributed by atoms with Gasteiger partial charge in [-0.05, 0) is 16.7 Å². The lowest BCUT2D eigenvalue weighted by Crippen LogP contribution is -2.47. The van der Waals surface area contributed by atoms with Crippen molar-refractivity contribution in [2.24, 2.45) is 0 Å². The lowest BCUT2D eigenvalue weighted by Gasteiger charge is -2.41. The second kappa shape index (κ2) is 9.47. The summed E-state index contributed by atoms with van der Waals surface area (Å²) < 4.78 is -14.2. The summed E-state index contributed by atoms with van der Waals surface area (Å²) in [4.78, 5) is 0. The minimum Gasteiger partial charge on any atom is -0.392 e. The molecule has 0 fully saturated rings. The number of aliphatic hydroxyl groups excluding tert-OH is 1. The van der Waals surface area contributed by atoms with E-state index >= 15 is 0 Å². The first-order valence-electron chi connectivity index (χ1n) is 6.56. The average molecular weight is 675 g/mol. The minimum atomic E-state index is -2.41. The smallest absolute Gasteiger partial charge is 0.226 e. The molecular weight excluding hydrogens is 668 g/mol. The third-order valence-electron chi connectivity index (χ3n) is 3.51. The normalized spacial score (nSPS) is 15.1. The molecule has 0 aromatic heterocycles. The Hall–Kier alpha value is 3.24. The van der Waals surface area contributed by atoms with Crippen molar-refractivity contribution in [3.05, 3.63) is 34.9 Å². The monoisotopic (exact) mass is 668 g/mol. The Morgan fingerprint density at radius 2 is 0.857 bits per heavy atom. The summed E-state index contributed by atoms with van der Waals surface area (Å²) in [7, 11) is 0. The van der Waals surface area contributed by atoms with Crippen LogP contribution < -0.4 is 0 Å². The van der Waals surface area contributed by atoms with Gasteiger partial charge < -0.3 is 5.11 Å². The quantitative estimate of drug-likeness (QED) is 0.309. The van der Waals surface area contributed by atoms with E-state index in [4.69, 9.17) is 162 Å². The summed E-state index contributed by atoms with van der Waals surface area (Å²) in [6.07, 6.45) is 0. The molecule has 1 aromatic rings. The van der Waals surface area contributed by atoms with Crippen molar-refractivity contribution in [1.29, 1.82) is 0 Å². The van der Waals surface area contributed by atoms with E-state index in [1.807, 2.05) is 0 Å². The lowest BCUT2D eigenvalue weighted by molar-refractivity contribution is 0.278. The Morgan fingerprint density at radius 3 is 1.07 bits per heavy atom. The molecular formula is C13H6Cl14O. The van der Waals surface area contributed by atoms with Crippen molar-refractivity contribution in [3.8, 4) is 0 Å². The molecule has 0 saturated carbocycles. The van der Waals surface area contributed by atoms with Gasteiger partial charge in [-0.2, -0.15) is 0 Å². The van der Waals surface area contributed by atoms with E-state index < -0.39 is 31.5 Å². The molecule has 15 heteroatoms. The van der Waals surface area contributed by atoms with E-state index in [1.165, 1.54) is 18.2 Å². The Kier molecular flexibility index (Phi) is 9.90. The van der Waals surface area contributed by atoms with Crippen molar-refractivity contribution in [2.45, 2.75) is 31.5 Å². The van der Waals surface area contributed by atoms with Gasteiger partial charge in [-0.15, -0.1) is 0 Å². The molecule has 0 amide bonds. The molecule has 1 rings (SSSR count). The standard InChI is InChI=1S/C13H6Cl14O/c14-8(15,10(18,19)12(22,23)24)6-2-1-3-7(5(6)4-28)9(16,17)11(20,21)13(25,26)27/h1-3,28H,4H2. The molecule has 0 unspecified atom stereocenters. The first-order chi connectivity index (χ1) is 12.2. The van der Waals surface area contributed by atoms with Gasteiger partial charge in [-0.1, -0.05) is 181 Å². The fourth-order valence-electron chi connectivity index (χ4n) is 2.04. The van der Waals surface area contributed by atoms with Crippen LogP contribution in [0.3, 0.4) is 0 Å². The largest absolute Gasteiger partial charge is 0.392 e. The fraction of sp³-hybridized carbons (Fsp3) is 0.538. The van der Waals surface area contributed by atoms with Crippen LogP contribution in [0.5, 0.6) is 0 Å². The number of aliphatic hydroxyl groups is 1. The van der Waals surface area contributed by atoms with Gasteiger partial charge in [0.25, 0.3) is 0 Å². The maximum Gasteiger partial charge on any atom is 0.226 e. The maximum atomic E-state index is 9.96. The predicted molar refractivity (Wildman–Crippen MR) is 129 cm³/mol. The summed E-state index contributed by atoms with van der Waals surface area (Å²) in [5.74, 6) is 0. The van der Waals surface area contributed by atoms with Gasteiger partial charge in [0.2, 0.25) is 16.3 Å². The zero-order chi connectivity index (χ0) is 22.6. The van der Waals surface area contributed by atoms with E-state index in [0.29, 0.717) is 0 Å². The predicted octanol–water partition coefficient (Wildman–Crippen LogP) is 9.53. The fourth-order valence-corrected chi connectivity index (χ4v) is 5.15. The Labute approximate surface area is 231 Å². The summed E-state index contributed by atoms with van der Waals surface area (Å²) in [6, 6.07) is 4.02. The van der Waals surface area contributed by atoms with Crippen LogP contribution >= 0.6 is 162 Å². The molecule has 0 aliphatic rings. The van der Waals surface area contributed by atoms with Crippen molar-refractivity contribution >= 4 is 162 Å². The van der Waals surface area contributed by atoms with Gasteiger partial charge in [0.1, 0.15) is 0 Å². The summed E-state index contributed by atoms with van der Waals surface area (Å²) in [6.45, 7) is -0.749. The van der Waals surface area contributed by atoms with Crippen molar-refractivity contribution < 1.29 is 5.11 Å². The van der Waals surface area contributed by atoms with Crippen LogP contribution in [-0.4, -0.2) is 21.4 Å². The number of halogens is 14. The van der Waals surface area contributed by atoms with E-state index in [0.717, 1.165) is 0 Å². The second-order valence-electron chi connectivity index (χ2n) is 5.28. The van der Waals surface area contributed by atoms with Gasteiger partial charge in [-0.3, -0.25) is 0 Å². The number of alkyl halides is 14. The van der Waals surface area contributed by atoms with E-state index in [9.17, 15) is 5.11 Å². The highest BCUT2D eigenvalue weighted by atomic mass is 35.6. The average Bonchev–Trinajstić information content (AvgIpc) is 2.51. The van der Waals surface area contributed by atoms with Gasteiger partial charge in [0, 0.05) is 0 Å². The molecule has 0 saturated heterocycles. The summed E-state index contributed by atoms with van der Waals surface area (Å²) in [5, 5.41) is 9.96. The van der Waals surface area contributed by atoms with Gasteiger partial charge in [-0.25, -0.2) is 0 Å². The molecule has 0 atom stereocenters. The first kappa shape index (κ1) is 29.3. The van der Waals surface area contributed by atoms with E-state index in [-0.39, 0.29) is 16.7 Å². The van der Waals surface area contributed by atoms with Crippen LogP contribution in [0.15, 0.2) is 18.2 Å². The van der Waals surface area contributed by atoms with Crippen LogP contribution in [0.1, 0.15) is 16.7 Å². The summed E-state index contributed by atoms with van der Waals surface area (Å²) in [5.41, 5.74) is -0.338. The topological polar surface area (TPSA) is 20.2 Å². The Bertz CT molecular complexity index is 659. The van der Waals surface area contributed by atoms with E-state index in [1.54, 1.807) is 0 Å². The van der Waals surface area contributed by atoms with Gasteiger partial charge in [0.15, 0.2) is 8.67 Å². The molecule has 162 valence electrons. The Morgan fingerprint density at radius 1 is 0.571 bits per heavy atom. The SMILES string of the molecule is OCc1c(C(Cl)(Cl)C(Cl)(Cl)C(Cl)(Cl)Cl)cccc1C(Cl)(Cl)C(Cl)(Cl)C(Cl)(Cl)Cl. The highest BCUT2D eigenvalue weighted by Crippen LogP contribution is 2.64. The molecule has 28 heavy (non-hydrogen) atoms. The molecule has 0 heterocycles. The third-order valence-corrected chi connectivity index (χ3v) is 11.4. The number of hydrogen-bond donors (Lipinski definition) is 1. The maximum absolute atomic E-state index is 9.96. The molecule has 0 radical (unpaired) electrons. The van der Waals surface area contributed by atoms with Crippen LogP contribution in [0.4, 0.5) is 0 Å². The number of benzene rings is 1. The molecule has 1 nitrogen and oxygen atoms in total. The number of rotatable bonds is 5. The Balaban J connectivity index is 3.81. The molecule has 1 N–H and O–H groups in total. The highest BCUT2D eigenvalue weighted by Gasteiger charge is 2.64. The van der Waals surface area contributed by atoms with Gasteiger partial charge >= 0.3 is 0 Å². The zero-order valence-corrected chi connectivity index (χ0v) is 23.3. The van der Waals surface area contributed by atoms with Crippen LogP contribution in [0, 0.1) is 0 Å². The highest BCUT2D eigenvalue weighted by molar-refractivity contribution is 6.79. The van der Waals surface area contributed by atoms with E-state index in [2.05, 4.69) is 0 Å². The van der Waals surface area contributed by atoms with Crippen molar-refractivity contribution in [1.82, 2.24) is 0 Å². The number of hydrogen-bond acceptors (Lipinski definition) is 1. The molecule has 0 aliphatic carbocycles.